The van der Waals surface area contributed by atoms with Gasteiger partial charge in [0.1, 0.15) is 0 Å². The van der Waals surface area contributed by atoms with Crippen LogP contribution < -0.4 is 16.4 Å². The highest BCUT2D eigenvalue weighted by Gasteiger charge is 2.09. The molecule has 0 spiro atoms. The van der Waals surface area contributed by atoms with Crippen molar-refractivity contribution in [1.29, 1.82) is 0 Å². The van der Waals surface area contributed by atoms with Crippen LogP contribution in [0.2, 0.25) is 0 Å². The van der Waals surface area contributed by atoms with Crippen molar-refractivity contribution >= 4 is 0 Å². The Labute approximate surface area is 99.5 Å². The predicted octanol–water partition coefficient (Wildman–Crippen LogP) is -1.55. The van der Waals surface area contributed by atoms with Crippen LogP contribution in [0.5, 0.6) is 0 Å². The second-order valence-electron chi connectivity index (χ2n) is 4.30. The lowest BCUT2D eigenvalue weighted by Crippen LogP contribution is -2.46. The summed E-state index contributed by atoms with van der Waals surface area (Å²) in [7, 11) is 1.59. The molecule has 0 aliphatic carbocycles. The van der Waals surface area contributed by atoms with E-state index in [-0.39, 0.29) is 0 Å². The van der Waals surface area contributed by atoms with Gasteiger partial charge in [0, 0.05) is 58.7 Å². The zero-order valence-electron chi connectivity index (χ0n) is 10.1. The van der Waals surface area contributed by atoms with E-state index in [9.17, 15) is 9.59 Å². The van der Waals surface area contributed by atoms with Crippen molar-refractivity contribution in [2.24, 2.45) is 7.05 Å². The molecule has 0 atom stereocenters. The highest BCUT2D eigenvalue weighted by atomic mass is 16.2. The lowest BCUT2D eigenvalue weighted by molar-refractivity contribution is 0.231. The third kappa shape index (κ3) is 2.83. The molecule has 0 amide bonds. The van der Waals surface area contributed by atoms with Gasteiger partial charge in [-0.25, -0.2) is 0 Å². The van der Waals surface area contributed by atoms with Crippen LogP contribution in [0.3, 0.4) is 0 Å². The van der Waals surface area contributed by atoms with Crippen LogP contribution in [-0.4, -0.2) is 46.8 Å². The first kappa shape index (κ1) is 12.1. The molecule has 6 heteroatoms. The maximum atomic E-state index is 11.7. The third-order valence-corrected chi connectivity index (χ3v) is 3.10. The SMILES string of the molecule is Cn1ccn(CCN2CCNCC2)c(=O)c1=O. The highest BCUT2D eigenvalue weighted by Crippen LogP contribution is 1.92. The molecule has 0 saturated carbocycles. The zero-order chi connectivity index (χ0) is 12.3. The van der Waals surface area contributed by atoms with Crippen LogP contribution in [0.25, 0.3) is 0 Å². The first-order valence-electron chi connectivity index (χ1n) is 5.87. The minimum atomic E-state index is -0.465. The molecule has 1 aromatic rings. The van der Waals surface area contributed by atoms with Gasteiger partial charge in [0.25, 0.3) is 0 Å². The predicted molar refractivity (Wildman–Crippen MR) is 65.3 cm³/mol. The van der Waals surface area contributed by atoms with Gasteiger partial charge in [-0.05, 0) is 0 Å². The normalized spacial score (nSPS) is 17.2. The molecule has 1 aliphatic heterocycles. The number of piperazine rings is 1. The topological polar surface area (TPSA) is 59.3 Å². The minimum absolute atomic E-state index is 0.440. The van der Waals surface area contributed by atoms with E-state index in [1.165, 1.54) is 9.13 Å². The number of hydrogen-bond acceptors (Lipinski definition) is 4. The van der Waals surface area contributed by atoms with Gasteiger partial charge in [0.2, 0.25) is 0 Å². The van der Waals surface area contributed by atoms with Crippen molar-refractivity contribution < 1.29 is 0 Å². The number of hydrogen-bond donors (Lipinski definition) is 1. The summed E-state index contributed by atoms with van der Waals surface area (Å²) < 4.78 is 2.80. The quantitative estimate of drug-likeness (QED) is 0.648. The van der Waals surface area contributed by atoms with Crippen molar-refractivity contribution in [2.75, 3.05) is 32.7 Å². The zero-order valence-corrected chi connectivity index (χ0v) is 10.1. The molecular formula is C11H18N4O2. The van der Waals surface area contributed by atoms with E-state index in [1.54, 1.807) is 19.4 Å². The molecule has 1 aromatic heterocycles. The van der Waals surface area contributed by atoms with E-state index in [0.29, 0.717) is 6.54 Å². The van der Waals surface area contributed by atoms with Crippen molar-refractivity contribution in [3.63, 3.8) is 0 Å². The molecule has 1 saturated heterocycles. The summed E-state index contributed by atoms with van der Waals surface area (Å²) in [4.78, 5) is 25.4. The highest BCUT2D eigenvalue weighted by molar-refractivity contribution is 4.85. The molecule has 6 nitrogen and oxygen atoms in total. The summed E-state index contributed by atoms with van der Waals surface area (Å²) in [5, 5.41) is 3.28. The van der Waals surface area contributed by atoms with Crippen LogP contribution in [-0.2, 0) is 13.6 Å². The molecule has 2 rings (SSSR count). The number of nitrogens with zero attached hydrogens (tertiary/aromatic N) is 3. The summed E-state index contributed by atoms with van der Waals surface area (Å²) in [6, 6.07) is 0. The molecule has 0 radical (unpaired) electrons. The van der Waals surface area contributed by atoms with Gasteiger partial charge in [-0.15, -0.1) is 0 Å². The summed E-state index contributed by atoms with van der Waals surface area (Å²) >= 11 is 0. The Kier molecular flexibility index (Phi) is 3.75. The Morgan fingerprint density at radius 3 is 2.53 bits per heavy atom. The molecular weight excluding hydrogens is 220 g/mol. The van der Waals surface area contributed by atoms with Crippen molar-refractivity contribution in [3.05, 3.63) is 33.1 Å². The minimum Gasteiger partial charge on any atom is -0.314 e. The Morgan fingerprint density at radius 1 is 1.12 bits per heavy atom. The number of rotatable bonds is 3. The van der Waals surface area contributed by atoms with E-state index in [0.717, 1.165) is 32.7 Å². The fourth-order valence-electron chi connectivity index (χ4n) is 1.95. The molecule has 94 valence electrons. The molecule has 17 heavy (non-hydrogen) atoms. The Morgan fingerprint density at radius 2 is 1.82 bits per heavy atom. The molecule has 1 N–H and O–H groups in total. The van der Waals surface area contributed by atoms with E-state index >= 15 is 0 Å². The van der Waals surface area contributed by atoms with E-state index in [2.05, 4.69) is 10.2 Å². The fourth-order valence-corrected chi connectivity index (χ4v) is 1.95. The van der Waals surface area contributed by atoms with Crippen LogP contribution in [0.4, 0.5) is 0 Å². The molecule has 0 bridgehead atoms. The standard InChI is InChI=1S/C11H18N4O2/c1-13-6-8-15(11(17)10(13)16)9-7-14-4-2-12-3-5-14/h6,8,12H,2-5,7,9H2,1H3. The molecule has 0 aromatic carbocycles. The maximum absolute atomic E-state index is 11.7. The number of aromatic nitrogens is 2. The van der Waals surface area contributed by atoms with Crippen molar-refractivity contribution in [1.82, 2.24) is 19.4 Å². The Balaban J connectivity index is 2.02. The van der Waals surface area contributed by atoms with E-state index < -0.39 is 11.1 Å². The molecule has 0 unspecified atom stereocenters. The Hall–Kier alpha value is -1.40. The summed E-state index contributed by atoms with van der Waals surface area (Å²) in [5.41, 5.74) is -0.905. The third-order valence-electron chi connectivity index (χ3n) is 3.10. The largest absolute Gasteiger partial charge is 0.316 e. The van der Waals surface area contributed by atoms with Gasteiger partial charge < -0.3 is 14.5 Å². The van der Waals surface area contributed by atoms with Gasteiger partial charge in [-0.1, -0.05) is 0 Å². The first-order valence-corrected chi connectivity index (χ1v) is 5.87. The van der Waals surface area contributed by atoms with Crippen molar-refractivity contribution in [3.8, 4) is 0 Å². The van der Waals surface area contributed by atoms with Gasteiger partial charge >= 0.3 is 11.1 Å². The van der Waals surface area contributed by atoms with Gasteiger partial charge in [0.15, 0.2) is 0 Å². The summed E-state index contributed by atoms with van der Waals surface area (Å²) in [5.74, 6) is 0. The average molecular weight is 238 g/mol. The number of nitrogens with one attached hydrogen (secondary N) is 1. The van der Waals surface area contributed by atoms with Gasteiger partial charge in [0.05, 0.1) is 0 Å². The smallest absolute Gasteiger partial charge is 0.314 e. The molecule has 2 heterocycles. The number of aryl methyl sites for hydroxylation is 1. The molecule has 1 aliphatic rings. The summed E-state index contributed by atoms with van der Waals surface area (Å²) in [6.07, 6.45) is 3.30. The maximum Gasteiger partial charge on any atom is 0.316 e. The fraction of sp³-hybridized carbons (Fsp3) is 0.636. The van der Waals surface area contributed by atoms with Crippen LogP contribution in [0.1, 0.15) is 0 Å². The molecule has 1 fully saturated rings. The van der Waals surface area contributed by atoms with E-state index in [4.69, 9.17) is 0 Å². The lowest BCUT2D eigenvalue weighted by atomic mass is 10.3. The van der Waals surface area contributed by atoms with Crippen LogP contribution in [0, 0.1) is 0 Å². The lowest BCUT2D eigenvalue weighted by Gasteiger charge is -2.27. The van der Waals surface area contributed by atoms with E-state index in [1.807, 2.05) is 0 Å². The average Bonchev–Trinajstić information content (AvgIpc) is 2.36. The van der Waals surface area contributed by atoms with Gasteiger partial charge in [-0.3, -0.25) is 14.5 Å². The van der Waals surface area contributed by atoms with Gasteiger partial charge in [-0.2, -0.15) is 0 Å². The second kappa shape index (κ2) is 5.29. The Bertz CT molecular complexity index is 485. The second-order valence-corrected chi connectivity index (χ2v) is 4.30. The van der Waals surface area contributed by atoms with Crippen molar-refractivity contribution in [2.45, 2.75) is 6.54 Å². The monoisotopic (exact) mass is 238 g/mol. The first-order chi connectivity index (χ1) is 8.18. The summed E-state index contributed by atoms with van der Waals surface area (Å²) in [6.45, 7) is 5.37. The van der Waals surface area contributed by atoms with Crippen LogP contribution in [0.15, 0.2) is 22.0 Å². The van der Waals surface area contributed by atoms with Crippen LogP contribution >= 0.6 is 0 Å².